The Morgan fingerprint density at radius 3 is 2.44 bits per heavy atom. The minimum atomic E-state index is -0.296. The van der Waals surface area contributed by atoms with Crippen LogP contribution in [0.2, 0.25) is 0 Å². The zero-order valence-corrected chi connectivity index (χ0v) is 22.2. The van der Waals surface area contributed by atoms with Crippen LogP contribution < -0.4 is 10.6 Å². The third-order valence-corrected chi connectivity index (χ3v) is 9.61. The fourth-order valence-corrected chi connectivity index (χ4v) is 8.48. The predicted molar refractivity (Wildman–Crippen MR) is 137 cm³/mol. The smallest absolute Gasteiger partial charge is 0.238 e. The van der Waals surface area contributed by atoms with Crippen molar-refractivity contribution in [1.29, 1.82) is 10.5 Å². The highest BCUT2D eigenvalue weighted by atomic mass is 32.2. The summed E-state index contributed by atoms with van der Waals surface area (Å²) in [5.41, 5.74) is -0.130. The largest absolute Gasteiger partial charge is 0.315 e. The molecule has 2 saturated heterocycles. The molecule has 8 nitrogen and oxygen atoms in total. The molecule has 2 N–H and O–H groups in total. The summed E-state index contributed by atoms with van der Waals surface area (Å²) < 4.78 is 0. The lowest BCUT2D eigenvalue weighted by atomic mass is 9.58. The Morgan fingerprint density at radius 2 is 1.82 bits per heavy atom. The summed E-state index contributed by atoms with van der Waals surface area (Å²) in [6.45, 7) is 5.18. The molecule has 4 rings (SSSR count). The molecular formula is C24H38N6O2S2. The molecule has 4 aliphatic rings. The lowest BCUT2D eigenvalue weighted by Crippen LogP contribution is -2.63. The Morgan fingerprint density at radius 1 is 1.12 bits per heavy atom. The maximum atomic E-state index is 12.7. The summed E-state index contributed by atoms with van der Waals surface area (Å²) in [5.74, 6) is 4.60. The molecule has 0 radical (unpaired) electrons. The quantitative estimate of drug-likeness (QED) is 0.523. The zero-order valence-electron chi connectivity index (χ0n) is 20.6. The van der Waals surface area contributed by atoms with E-state index in [1.54, 1.807) is 16.7 Å². The molecular weight excluding hydrogens is 468 g/mol. The van der Waals surface area contributed by atoms with Crippen LogP contribution in [0.3, 0.4) is 0 Å². The molecule has 0 aromatic carbocycles. The standard InChI is InChI=1S/C19H30N4O2S.C5H8N2S/c1-14-5-15-7-18(2,21-3-4-24)12-19(6-14,8-15)22-10-17(25)23-13-26-11-16(23)9-20;1-7-4-8-3-5(7)2-6/h4,14-16,21-22H,3,5-8,10-13H2,1-2H3;5H,3-4H2,1H3. The number of aldehydes is 1. The van der Waals surface area contributed by atoms with E-state index in [9.17, 15) is 14.9 Å². The van der Waals surface area contributed by atoms with Crippen molar-refractivity contribution in [3.8, 4) is 12.1 Å². The molecule has 1 amide bonds. The first-order valence-corrected chi connectivity index (χ1v) is 14.4. The van der Waals surface area contributed by atoms with Gasteiger partial charge in [0.15, 0.2) is 0 Å². The van der Waals surface area contributed by atoms with Crippen LogP contribution >= 0.6 is 23.5 Å². The van der Waals surface area contributed by atoms with Gasteiger partial charge < -0.3 is 20.3 Å². The summed E-state index contributed by atoms with van der Waals surface area (Å²) in [5, 5.41) is 24.7. The van der Waals surface area contributed by atoms with Gasteiger partial charge in [-0.3, -0.25) is 9.69 Å². The average molecular weight is 507 g/mol. The molecule has 188 valence electrons. The van der Waals surface area contributed by atoms with E-state index in [-0.39, 0.29) is 29.1 Å². The van der Waals surface area contributed by atoms with Gasteiger partial charge in [0, 0.05) is 28.5 Å². The average Bonchev–Trinajstić information content (AvgIpc) is 3.44. The van der Waals surface area contributed by atoms with Crippen molar-refractivity contribution in [2.24, 2.45) is 11.8 Å². The van der Waals surface area contributed by atoms with E-state index in [2.05, 4.69) is 41.5 Å². The van der Waals surface area contributed by atoms with Crippen LogP contribution in [0, 0.1) is 34.5 Å². The van der Waals surface area contributed by atoms with Gasteiger partial charge in [0.1, 0.15) is 18.4 Å². The molecule has 10 heteroatoms. The van der Waals surface area contributed by atoms with Gasteiger partial charge in [0.2, 0.25) is 5.91 Å². The summed E-state index contributed by atoms with van der Waals surface area (Å²) in [6.07, 6.45) is 6.31. The Bertz CT molecular complexity index is 812. The van der Waals surface area contributed by atoms with E-state index >= 15 is 0 Å². The monoisotopic (exact) mass is 506 g/mol. The molecule has 34 heavy (non-hydrogen) atoms. The molecule has 2 aliphatic carbocycles. The molecule has 2 aliphatic heterocycles. The number of fused-ring (bicyclic) bond motifs is 2. The van der Waals surface area contributed by atoms with Crippen LogP contribution in [-0.4, -0.2) is 88.6 Å². The van der Waals surface area contributed by atoms with Crippen LogP contribution in [0.5, 0.6) is 0 Å². The van der Waals surface area contributed by atoms with Gasteiger partial charge in [-0.15, -0.1) is 23.5 Å². The van der Waals surface area contributed by atoms with Gasteiger partial charge in [-0.2, -0.15) is 10.5 Å². The topological polar surface area (TPSA) is 112 Å². The van der Waals surface area contributed by atoms with Crippen molar-refractivity contribution < 1.29 is 9.59 Å². The molecule has 0 aromatic heterocycles. The number of rotatable bonds is 6. The fourth-order valence-electron chi connectivity index (χ4n) is 6.25. The summed E-state index contributed by atoms with van der Waals surface area (Å²) in [4.78, 5) is 27.3. The lowest BCUT2D eigenvalue weighted by molar-refractivity contribution is -0.130. The Hall–Kier alpha value is -1.30. The van der Waals surface area contributed by atoms with Crippen molar-refractivity contribution in [2.45, 2.75) is 69.1 Å². The first kappa shape index (κ1) is 27.3. The van der Waals surface area contributed by atoms with Gasteiger partial charge >= 0.3 is 0 Å². The second-order valence-electron chi connectivity index (χ2n) is 10.6. The Labute approximate surface area is 212 Å². The Balaban J connectivity index is 0.000000343. The highest BCUT2D eigenvalue weighted by Gasteiger charge is 2.49. The maximum absolute atomic E-state index is 12.7. The summed E-state index contributed by atoms with van der Waals surface area (Å²) in [7, 11) is 1.98. The van der Waals surface area contributed by atoms with E-state index in [1.165, 1.54) is 6.42 Å². The van der Waals surface area contributed by atoms with Crippen LogP contribution in [0.1, 0.15) is 46.0 Å². The van der Waals surface area contributed by atoms with Gasteiger partial charge in [0.25, 0.3) is 0 Å². The molecule has 6 unspecified atom stereocenters. The van der Waals surface area contributed by atoms with Crippen LogP contribution in [0.4, 0.5) is 0 Å². The molecule has 6 atom stereocenters. The first-order valence-electron chi connectivity index (χ1n) is 12.1. The SMILES string of the molecule is CC1CC2CC(C)(NCC=O)CC(NCC(=O)N3CSCC3C#N)(C1)C2.CN1CSCC1C#N. The van der Waals surface area contributed by atoms with Crippen LogP contribution in [0.25, 0.3) is 0 Å². The normalized spacial score (nSPS) is 37.3. The number of thioether (sulfide) groups is 2. The van der Waals surface area contributed by atoms with Crippen molar-refractivity contribution >= 4 is 35.7 Å². The molecule has 2 bridgehead atoms. The van der Waals surface area contributed by atoms with Crippen molar-refractivity contribution in [3.63, 3.8) is 0 Å². The molecule has 2 heterocycles. The molecule has 2 saturated carbocycles. The number of nitrogens with zero attached hydrogens (tertiary/aromatic N) is 4. The van der Waals surface area contributed by atoms with Gasteiger partial charge in [-0.1, -0.05) is 6.92 Å². The van der Waals surface area contributed by atoms with Gasteiger partial charge in [0.05, 0.1) is 31.1 Å². The number of carbonyl (C=O) groups excluding carboxylic acids is 2. The Kier molecular flexibility index (Phi) is 9.71. The van der Waals surface area contributed by atoms with Crippen molar-refractivity contribution in [3.05, 3.63) is 0 Å². The van der Waals surface area contributed by atoms with E-state index in [1.807, 2.05) is 18.8 Å². The number of nitrogens with one attached hydrogen (secondary N) is 2. The van der Waals surface area contributed by atoms with Gasteiger partial charge in [-0.25, -0.2) is 0 Å². The first-order chi connectivity index (χ1) is 16.2. The minimum Gasteiger partial charge on any atom is -0.315 e. The fraction of sp³-hybridized carbons (Fsp3) is 0.833. The number of amides is 1. The highest BCUT2D eigenvalue weighted by Crippen LogP contribution is 2.48. The number of hydrogen-bond donors (Lipinski definition) is 2. The highest BCUT2D eigenvalue weighted by molar-refractivity contribution is 7.99. The van der Waals surface area contributed by atoms with E-state index in [0.717, 1.165) is 43.6 Å². The zero-order chi connectivity index (χ0) is 24.8. The number of carbonyl (C=O) groups is 2. The van der Waals surface area contributed by atoms with Crippen LogP contribution in [-0.2, 0) is 9.59 Å². The molecule has 4 fully saturated rings. The third kappa shape index (κ3) is 6.89. The number of nitriles is 2. The predicted octanol–water partition coefficient (Wildman–Crippen LogP) is 2.03. The third-order valence-electron chi connectivity index (χ3n) is 7.45. The second-order valence-corrected chi connectivity index (χ2v) is 12.6. The summed E-state index contributed by atoms with van der Waals surface area (Å²) >= 11 is 3.46. The molecule has 0 spiro atoms. The van der Waals surface area contributed by atoms with E-state index in [0.29, 0.717) is 36.6 Å². The lowest BCUT2D eigenvalue weighted by Gasteiger charge is -2.55. The van der Waals surface area contributed by atoms with E-state index < -0.39 is 0 Å². The van der Waals surface area contributed by atoms with Gasteiger partial charge in [-0.05, 0) is 57.9 Å². The second kappa shape index (κ2) is 12.1. The van der Waals surface area contributed by atoms with Crippen molar-refractivity contribution in [2.75, 3.05) is 43.4 Å². The van der Waals surface area contributed by atoms with Crippen molar-refractivity contribution in [1.82, 2.24) is 20.4 Å². The van der Waals surface area contributed by atoms with Crippen LogP contribution in [0.15, 0.2) is 0 Å². The minimum absolute atomic E-state index is 0.0267. The van der Waals surface area contributed by atoms with E-state index in [4.69, 9.17) is 5.26 Å². The molecule has 0 aromatic rings. The number of hydrogen-bond acceptors (Lipinski definition) is 9. The summed E-state index contributed by atoms with van der Waals surface area (Å²) in [6, 6.07) is 4.32. The maximum Gasteiger partial charge on any atom is 0.238 e.